The van der Waals surface area contributed by atoms with Crippen LogP contribution < -0.4 is 10.4 Å². The van der Waals surface area contributed by atoms with Crippen LogP contribution >= 0.6 is 0 Å². The van der Waals surface area contributed by atoms with Gasteiger partial charge in [0.1, 0.15) is 11.5 Å². The van der Waals surface area contributed by atoms with E-state index in [1.54, 1.807) is 12.1 Å². The molecule has 7 rings (SSSR count). The maximum atomic E-state index is 10.9. The predicted octanol–water partition coefficient (Wildman–Crippen LogP) is 6.45. The minimum Gasteiger partial charge on any atom is -0.508 e. The molecule has 0 bridgehead atoms. The lowest BCUT2D eigenvalue weighted by Crippen LogP contribution is -2.37. The van der Waals surface area contributed by atoms with Gasteiger partial charge < -0.3 is 10.2 Å². The molecule has 0 fully saturated rings. The Bertz CT molecular complexity index is 1920. The molecule has 178 valence electrons. The van der Waals surface area contributed by atoms with Gasteiger partial charge in [0.2, 0.25) is 0 Å². The molecule has 0 aliphatic heterocycles. The van der Waals surface area contributed by atoms with Crippen LogP contribution in [0.5, 0.6) is 11.5 Å². The minimum atomic E-state index is -0.706. The molecule has 0 saturated heterocycles. The summed E-state index contributed by atoms with van der Waals surface area (Å²) < 4.78 is 0. The highest BCUT2D eigenvalue weighted by molar-refractivity contribution is 6.12. The van der Waals surface area contributed by atoms with Crippen molar-refractivity contribution in [2.24, 2.45) is 0 Å². The molecule has 37 heavy (non-hydrogen) atoms. The molecule has 0 radical (unpaired) electrons. The molecule has 2 aliphatic rings. The molecular formula is C35H26O2. The van der Waals surface area contributed by atoms with E-state index in [9.17, 15) is 10.2 Å². The lowest BCUT2D eigenvalue weighted by atomic mass is 9.63. The summed E-state index contributed by atoms with van der Waals surface area (Å²) in [6.07, 6.45) is 8.86. The number of phenols is 2. The van der Waals surface area contributed by atoms with E-state index in [-0.39, 0.29) is 11.5 Å². The first-order valence-corrected chi connectivity index (χ1v) is 12.7. The van der Waals surface area contributed by atoms with Gasteiger partial charge in [0.05, 0.1) is 5.41 Å². The molecule has 0 spiro atoms. The van der Waals surface area contributed by atoms with E-state index in [4.69, 9.17) is 0 Å². The van der Waals surface area contributed by atoms with E-state index in [0.717, 1.165) is 27.8 Å². The van der Waals surface area contributed by atoms with Gasteiger partial charge in [0.15, 0.2) is 0 Å². The van der Waals surface area contributed by atoms with E-state index >= 15 is 0 Å². The Hall–Kier alpha value is -4.56. The number of fused-ring (bicyclic) bond motifs is 7. The van der Waals surface area contributed by atoms with Crippen LogP contribution in [0.3, 0.4) is 0 Å². The molecule has 0 unspecified atom stereocenters. The summed E-state index contributed by atoms with van der Waals surface area (Å²) in [6.45, 7) is 3.96. The topological polar surface area (TPSA) is 40.5 Å². The van der Waals surface area contributed by atoms with Crippen LogP contribution in [0.15, 0.2) is 109 Å². The summed E-state index contributed by atoms with van der Waals surface area (Å²) in [5.41, 5.74) is 5.33. The van der Waals surface area contributed by atoms with Gasteiger partial charge in [-0.2, -0.15) is 0 Å². The van der Waals surface area contributed by atoms with E-state index in [1.807, 2.05) is 26.0 Å². The second-order valence-electron chi connectivity index (χ2n) is 10.1. The number of rotatable bonds is 2. The molecule has 2 nitrogen and oxygen atoms in total. The number of hydrogen-bond acceptors (Lipinski definition) is 2. The van der Waals surface area contributed by atoms with Gasteiger partial charge in [-0.1, -0.05) is 91.0 Å². The lowest BCUT2D eigenvalue weighted by molar-refractivity contribution is 0.467. The molecule has 0 aromatic heterocycles. The van der Waals surface area contributed by atoms with Crippen LogP contribution in [0.4, 0.5) is 0 Å². The molecule has 0 atom stereocenters. The zero-order chi connectivity index (χ0) is 25.3. The second-order valence-corrected chi connectivity index (χ2v) is 10.1. The van der Waals surface area contributed by atoms with Gasteiger partial charge in [-0.05, 0) is 97.4 Å². The molecule has 2 aliphatic carbocycles. The zero-order valence-electron chi connectivity index (χ0n) is 20.8. The highest BCUT2D eigenvalue weighted by Gasteiger charge is 2.43. The van der Waals surface area contributed by atoms with E-state index < -0.39 is 5.41 Å². The van der Waals surface area contributed by atoms with Crippen molar-refractivity contribution in [2.75, 3.05) is 0 Å². The van der Waals surface area contributed by atoms with Crippen molar-refractivity contribution in [3.63, 3.8) is 0 Å². The van der Waals surface area contributed by atoms with Crippen LogP contribution in [0.2, 0.25) is 0 Å². The fraction of sp³-hybridized carbons (Fsp3) is 0.0857. The van der Waals surface area contributed by atoms with Gasteiger partial charge in [-0.15, -0.1) is 0 Å². The Morgan fingerprint density at radius 2 is 1.14 bits per heavy atom. The van der Waals surface area contributed by atoms with Crippen molar-refractivity contribution in [1.29, 1.82) is 0 Å². The standard InChI is InChI=1S/C35H26O2/c1-21-29(15-7-17-31(21)36)35(30-16-8-18-32(37)22(30)2)19-9-10-23-20-28-26-13-4-3-11-24(26)25-12-5-6-14-27(25)33(28)34(23)35/h3-20,36-37H,1-2H3. The first-order chi connectivity index (χ1) is 18.0. The summed E-state index contributed by atoms with van der Waals surface area (Å²) in [4.78, 5) is 0. The van der Waals surface area contributed by atoms with Crippen molar-refractivity contribution >= 4 is 33.2 Å². The van der Waals surface area contributed by atoms with Gasteiger partial charge in [0, 0.05) is 0 Å². The zero-order valence-corrected chi connectivity index (χ0v) is 20.8. The maximum absolute atomic E-state index is 10.9. The Kier molecular flexibility index (Phi) is 4.53. The number of hydrogen-bond donors (Lipinski definition) is 2. The maximum Gasteiger partial charge on any atom is 0.118 e. The lowest BCUT2D eigenvalue weighted by Gasteiger charge is -2.39. The monoisotopic (exact) mass is 478 g/mol. The SMILES string of the molecule is Cc1c(O)cccc1C1(c2cccc(O)c2C)C=CC=C2C=c3c(c4ccccc4c4ccccc34)=C21. The van der Waals surface area contributed by atoms with Gasteiger partial charge in [0.25, 0.3) is 0 Å². The fourth-order valence-corrected chi connectivity index (χ4v) is 6.59. The third kappa shape index (κ3) is 2.81. The van der Waals surface area contributed by atoms with Crippen molar-refractivity contribution < 1.29 is 10.2 Å². The third-order valence-corrected chi connectivity index (χ3v) is 8.29. The molecule has 5 aromatic carbocycles. The molecule has 2 heteroatoms. The summed E-state index contributed by atoms with van der Waals surface area (Å²) >= 11 is 0. The average molecular weight is 479 g/mol. The number of allylic oxidation sites excluding steroid dienone is 4. The van der Waals surface area contributed by atoms with E-state index in [2.05, 4.69) is 85.0 Å². The Morgan fingerprint density at radius 1 is 0.595 bits per heavy atom. The number of phenolic OH excluding ortho intramolecular Hbond substituents is 2. The van der Waals surface area contributed by atoms with Gasteiger partial charge >= 0.3 is 0 Å². The Labute approximate surface area is 215 Å². The molecule has 0 saturated carbocycles. The molecule has 0 heterocycles. The predicted molar refractivity (Wildman–Crippen MR) is 152 cm³/mol. The van der Waals surface area contributed by atoms with Gasteiger partial charge in [-0.25, -0.2) is 0 Å². The average Bonchev–Trinajstić information content (AvgIpc) is 3.33. The summed E-state index contributed by atoms with van der Waals surface area (Å²) in [5.74, 6) is 0.538. The number of benzene rings is 5. The summed E-state index contributed by atoms with van der Waals surface area (Å²) in [7, 11) is 0. The van der Waals surface area contributed by atoms with Crippen molar-refractivity contribution in [3.05, 3.63) is 141 Å². The van der Waals surface area contributed by atoms with Crippen molar-refractivity contribution in [3.8, 4) is 11.5 Å². The Morgan fingerprint density at radius 3 is 1.76 bits per heavy atom. The summed E-state index contributed by atoms with van der Waals surface area (Å²) in [5, 5.41) is 29.1. The fourth-order valence-electron chi connectivity index (χ4n) is 6.59. The van der Waals surface area contributed by atoms with E-state index in [1.165, 1.54) is 37.6 Å². The number of aromatic hydroxyl groups is 2. The quantitative estimate of drug-likeness (QED) is 0.286. The normalized spacial score (nSPS) is 15.4. The van der Waals surface area contributed by atoms with Gasteiger partial charge in [-0.3, -0.25) is 0 Å². The van der Waals surface area contributed by atoms with Crippen molar-refractivity contribution in [1.82, 2.24) is 0 Å². The highest BCUT2D eigenvalue weighted by atomic mass is 16.3. The largest absolute Gasteiger partial charge is 0.508 e. The van der Waals surface area contributed by atoms with Crippen LogP contribution in [0, 0.1) is 13.8 Å². The molecule has 5 aromatic rings. The first kappa shape index (κ1) is 21.7. The summed E-state index contributed by atoms with van der Waals surface area (Å²) in [6, 6.07) is 28.8. The third-order valence-electron chi connectivity index (χ3n) is 8.29. The van der Waals surface area contributed by atoms with Crippen LogP contribution in [-0.2, 0) is 5.41 Å². The molecule has 2 N–H and O–H groups in total. The first-order valence-electron chi connectivity index (χ1n) is 12.7. The van der Waals surface area contributed by atoms with E-state index in [0.29, 0.717) is 0 Å². The smallest absolute Gasteiger partial charge is 0.118 e. The van der Waals surface area contributed by atoms with Crippen LogP contribution in [0.1, 0.15) is 22.3 Å². The van der Waals surface area contributed by atoms with Crippen LogP contribution in [-0.4, -0.2) is 10.2 Å². The second kappa shape index (κ2) is 7.72. The highest BCUT2D eigenvalue weighted by Crippen LogP contribution is 2.51. The Balaban J connectivity index is 1.79. The minimum absolute atomic E-state index is 0.269. The molecule has 0 amide bonds. The van der Waals surface area contributed by atoms with Crippen molar-refractivity contribution in [2.45, 2.75) is 19.3 Å². The van der Waals surface area contributed by atoms with Crippen LogP contribution in [0.25, 0.3) is 33.2 Å². The molecular weight excluding hydrogens is 452 g/mol.